The maximum Gasteiger partial charge on any atom is 0.252 e. The van der Waals surface area contributed by atoms with Crippen LogP contribution in [0.4, 0.5) is 5.13 Å². The summed E-state index contributed by atoms with van der Waals surface area (Å²) in [5.41, 5.74) is 1.58. The summed E-state index contributed by atoms with van der Waals surface area (Å²) in [5.74, 6) is 1.92. The first-order valence-corrected chi connectivity index (χ1v) is 12.0. The summed E-state index contributed by atoms with van der Waals surface area (Å²) in [7, 11) is 1.67. The van der Waals surface area contributed by atoms with Crippen LogP contribution in [0, 0.1) is 5.92 Å². The lowest BCUT2D eigenvalue weighted by molar-refractivity contribution is 0.0945. The van der Waals surface area contributed by atoms with Gasteiger partial charge in [0.25, 0.3) is 5.91 Å². The first-order valence-electron chi connectivity index (χ1n) is 10.5. The molecule has 9 heteroatoms. The second-order valence-corrected chi connectivity index (χ2v) is 9.36. The molecule has 0 bridgehead atoms. The van der Waals surface area contributed by atoms with Crippen molar-refractivity contribution in [1.82, 2.24) is 14.7 Å². The Labute approximate surface area is 201 Å². The van der Waals surface area contributed by atoms with E-state index in [0.29, 0.717) is 34.5 Å². The Kier molecular flexibility index (Phi) is 7.50. The Morgan fingerprint density at radius 1 is 1.22 bits per heavy atom. The number of piperidine rings is 1. The van der Waals surface area contributed by atoms with Gasteiger partial charge in [0.1, 0.15) is 11.6 Å². The third-order valence-corrected chi connectivity index (χ3v) is 6.93. The van der Waals surface area contributed by atoms with E-state index in [9.17, 15) is 4.79 Å². The maximum atomic E-state index is 12.4. The Morgan fingerprint density at radius 3 is 2.78 bits per heavy atom. The minimum absolute atomic E-state index is 0.166. The zero-order chi connectivity index (χ0) is 22.5. The van der Waals surface area contributed by atoms with E-state index in [2.05, 4.69) is 20.7 Å². The highest BCUT2D eigenvalue weighted by Gasteiger charge is 2.23. The van der Waals surface area contributed by atoms with E-state index in [-0.39, 0.29) is 5.91 Å². The zero-order valence-corrected chi connectivity index (χ0v) is 20.0. The summed E-state index contributed by atoms with van der Waals surface area (Å²) < 4.78 is 9.83. The van der Waals surface area contributed by atoms with Crippen molar-refractivity contribution in [3.05, 3.63) is 69.5 Å². The van der Waals surface area contributed by atoms with Crippen LogP contribution in [-0.2, 0) is 6.42 Å². The van der Waals surface area contributed by atoms with Gasteiger partial charge in [-0.1, -0.05) is 35.3 Å². The van der Waals surface area contributed by atoms with E-state index < -0.39 is 0 Å². The molecule has 1 fully saturated rings. The van der Waals surface area contributed by atoms with E-state index in [4.69, 9.17) is 32.9 Å². The van der Waals surface area contributed by atoms with Crippen LogP contribution in [0.3, 0.4) is 0 Å². The molecule has 1 aliphatic rings. The summed E-state index contributed by atoms with van der Waals surface area (Å²) >= 11 is 13.5. The number of hydrogen-bond acceptors (Lipinski definition) is 6. The quantitative estimate of drug-likeness (QED) is 0.499. The van der Waals surface area contributed by atoms with Crippen LogP contribution in [0.15, 0.2) is 42.5 Å². The van der Waals surface area contributed by atoms with Gasteiger partial charge in [-0.05, 0) is 54.7 Å². The number of benzene rings is 2. The van der Waals surface area contributed by atoms with Crippen molar-refractivity contribution in [2.45, 2.75) is 19.3 Å². The number of methoxy groups -OCH3 is 1. The Bertz CT molecular complexity index is 1080. The van der Waals surface area contributed by atoms with Gasteiger partial charge in [-0.2, -0.15) is 4.37 Å². The molecule has 0 saturated carbocycles. The van der Waals surface area contributed by atoms with Crippen molar-refractivity contribution in [2.24, 2.45) is 5.92 Å². The lowest BCUT2D eigenvalue weighted by Crippen LogP contribution is -2.38. The average molecular weight is 491 g/mol. The van der Waals surface area contributed by atoms with Gasteiger partial charge in [-0.15, -0.1) is 0 Å². The number of rotatable bonds is 7. The maximum absolute atomic E-state index is 12.4. The number of amides is 1. The summed E-state index contributed by atoms with van der Waals surface area (Å²) in [6.45, 7) is 2.43. The number of anilines is 1. The molecule has 1 N–H and O–H groups in total. The third kappa shape index (κ3) is 5.71. The van der Waals surface area contributed by atoms with Crippen molar-refractivity contribution < 1.29 is 9.53 Å². The van der Waals surface area contributed by atoms with Gasteiger partial charge in [0.05, 0.1) is 17.7 Å². The fourth-order valence-corrected chi connectivity index (χ4v) is 4.98. The Balaban J connectivity index is 1.26. The van der Waals surface area contributed by atoms with Crippen molar-refractivity contribution >= 4 is 45.8 Å². The molecule has 1 saturated heterocycles. The van der Waals surface area contributed by atoms with E-state index in [1.807, 2.05) is 18.2 Å². The molecule has 32 heavy (non-hydrogen) atoms. The van der Waals surface area contributed by atoms with Gasteiger partial charge in [0, 0.05) is 42.6 Å². The molecule has 1 amide bonds. The molecule has 1 aromatic heterocycles. The fraction of sp³-hybridized carbons (Fsp3) is 0.348. The van der Waals surface area contributed by atoms with Crippen LogP contribution in [0.2, 0.25) is 10.0 Å². The van der Waals surface area contributed by atoms with Crippen molar-refractivity contribution in [3.63, 3.8) is 0 Å². The molecule has 2 aromatic carbocycles. The van der Waals surface area contributed by atoms with Gasteiger partial charge >= 0.3 is 0 Å². The van der Waals surface area contributed by atoms with Crippen molar-refractivity contribution in [1.29, 1.82) is 0 Å². The first kappa shape index (κ1) is 22.8. The van der Waals surface area contributed by atoms with Crippen LogP contribution >= 0.6 is 34.7 Å². The van der Waals surface area contributed by atoms with Gasteiger partial charge in [-0.25, -0.2) is 4.98 Å². The number of nitrogens with one attached hydrogen (secondary N) is 1. The minimum atomic E-state index is -0.166. The van der Waals surface area contributed by atoms with Gasteiger partial charge in [0.2, 0.25) is 5.13 Å². The normalized spacial score (nSPS) is 14.4. The molecule has 4 rings (SSSR count). The van der Waals surface area contributed by atoms with Crippen LogP contribution < -0.4 is 15.0 Å². The zero-order valence-electron chi connectivity index (χ0n) is 17.7. The summed E-state index contributed by atoms with van der Waals surface area (Å²) in [4.78, 5) is 19.4. The number of carbonyl (C=O) groups is 1. The number of hydrogen-bond donors (Lipinski definition) is 1. The molecular formula is C23H24Cl2N4O2S. The summed E-state index contributed by atoms with van der Waals surface area (Å²) in [5, 5.41) is 4.84. The molecule has 1 aliphatic heterocycles. The number of aromatic nitrogens is 2. The summed E-state index contributed by atoms with van der Waals surface area (Å²) in [6.07, 6.45) is 2.66. The highest BCUT2D eigenvalue weighted by atomic mass is 35.5. The largest absolute Gasteiger partial charge is 0.497 e. The number of halogens is 2. The molecule has 0 radical (unpaired) electrons. The topological polar surface area (TPSA) is 67.3 Å². The Morgan fingerprint density at radius 2 is 2.03 bits per heavy atom. The standard InChI is InChI=1S/C23H24Cl2N4O2S/c1-31-18-4-2-3-16(11-18)12-21-27-23(32-28-21)29-9-7-15(8-10-29)14-26-22(30)19-6-5-17(24)13-20(19)25/h2-6,11,13,15H,7-10,12,14H2,1H3,(H,26,30). The van der Waals surface area contributed by atoms with Crippen LogP contribution in [0.25, 0.3) is 0 Å². The lowest BCUT2D eigenvalue weighted by Gasteiger charge is -2.31. The van der Waals surface area contributed by atoms with Crippen LogP contribution in [-0.4, -0.2) is 42.0 Å². The van der Waals surface area contributed by atoms with Crippen LogP contribution in [0.5, 0.6) is 5.75 Å². The molecule has 168 valence electrons. The SMILES string of the molecule is COc1cccc(Cc2nsc(N3CCC(CNC(=O)c4ccc(Cl)cc4Cl)CC3)n2)c1. The number of ether oxygens (including phenoxy) is 1. The van der Waals surface area contributed by atoms with E-state index in [0.717, 1.165) is 48.2 Å². The number of nitrogens with zero attached hydrogens (tertiary/aromatic N) is 3. The Hall–Kier alpha value is -2.35. The second-order valence-electron chi connectivity index (χ2n) is 7.79. The monoisotopic (exact) mass is 490 g/mol. The second kappa shape index (κ2) is 10.5. The van der Waals surface area contributed by atoms with Gasteiger partial charge in [0.15, 0.2) is 0 Å². The number of carbonyl (C=O) groups excluding carboxylic acids is 1. The third-order valence-electron chi connectivity index (χ3n) is 5.57. The smallest absolute Gasteiger partial charge is 0.252 e. The molecular weight excluding hydrogens is 467 g/mol. The summed E-state index contributed by atoms with van der Waals surface area (Å²) in [6, 6.07) is 12.9. The first-order chi connectivity index (χ1) is 15.5. The van der Waals surface area contributed by atoms with E-state index in [1.54, 1.807) is 25.3 Å². The fourth-order valence-electron chi connectivity index (χ4n) is 3.74. The van der Waals surface area contributed by atoms with Crippen molar-refractivity contribution in [3.8, 4) is 5.75 Å². The molecule has 3 aromatic rings. The molecule has 0 unspecified atom stereocenters. The van der Waals surface area contributed by atoms with Crippen molar-refractivity contribution in [2.75, 3.05) is 31.6 Å². The molecule has 0 spiro atoms. The van der Waals surface area contributed by atoms with E-state index >= 15 is 0 Å². The average Bonchev–Trinajstić information content (AvgIpc) is 3.26. The molecule has 2 heterocycles. The van der Waals surface area contributed by atoms with E-state index in [1.165, 1.54) is 11.5 Å². The molecule has 0 atom stereocenters. The van der Waals surface area contributed by atoms with Gasteiger partial charge < -0.3 is 15.0 Å². The molecule has 6 nitrogen and oxygen atoms in total. The highest BCUT2D eigenvalue weighted by molar-refractivity contribution is 7.09. The van der Waals surface area contributed by atoms with Gasteiger partial charge in [-0.3, -0.25) is 4.79 Å². The minimum Gasteiger partial charge on any atom is -0.497 e. The highest BCUT2D eigenvalue weighted by Crippen LogP contribution is 2.26. The lowest BCUT2D eigenvalue weighted by atomic mass is 9.97. The molecule has 0 aliphatic carbocycles. The predicted octanol–water partition coefficient (Wildman–Crippen LogP) is 5.09. The predicted molar refractivity (Wildman–Crippen MR) is 129 cm³/mol. The van der Waals surface area contributed by atoms with Crippen LogP contribution in [0.1, 0.15) is 34.6 Å².